The lowest BCUT2D eigenvalue weighted by Gasteiger charge is -2.29. The quantitative estimate of drug-likeness (QED) is 0.832. The van der Waals surface area contributed by atoms with Crippen molar-refractivity contribution in [1.29, 1.82) is 0 Å². The molecule has 0 saturated heterocycles. The zero-order valence-electron chi connectivity index (χ0n) is 11.0. The summed E-state index contributed by atoms with van der Waals surface area (Å²) in [6, 6.07) is 16.3. The molecule has 2 unspecified atom stereocenters. The maximum Gasteiger partial charge on any atom is 0.00698 e. The molecule has 1 heteroatoms. The normalized spacial score (nSPS) is 24.3. The summed E-state index contributed by atoms with van der Waals surface area (Å²) in [4.78, 5) is 0. The van der Waals surface area contributed by atoms with E-state index in [4.69, 9.17) is 0 Å². The first kappa shape index (κ1) is 11.7. The van der Waals surface area contributed by atoms with Crippen LogP contribution in [0.5, 0.6) is 0 Å². The van der Waals surface area contributed by atoms with Crippen molar-refractivity contribution in [2.75, 3.05) is 7.05 Å². The zero-order valence-corrected chi connectivity index (χ0v) is 11.0. The maximum atomic E-state index is 3.44. The van der Waals surface area contributed by atoms with E-state index in [9.17, 15) is 0 Å². The van der Waals surface area contributed by atoms with Crippen molar-refractivity contribution in [2.45, 2.75) is 37.6 Å². The molecule has 0 aliphatic heterocycles. The largest absolute Gasteiger partial charge is 0.317 e. The Labute approximate surface area is 109 Å². The summed E-state index contributed by atoms with van der Waals surface area (Å²) in [5.74, 6) is 0.737. The summed E-state index contributed by atoms with van der Waals surface area (Å²) < 4.78 is 0. The van der Waals surface area contributed by atoms with Crippen molar-refractivity contribution in [2.24, 2.45) is 0 Å². The van der Waals surface area contributed by atoms with E-state index in [1.165, 1.54) is 42.0 Å². The zero-order chi connectivity index (χ0) is 12.4. The van der Waals surface area contributed by atoms with Crippen molar-refractivity contribution in [3.63, 3.8) is 0 Å². The number of nitrogens with one attached hydrogen (secondary N) is 1. The molecule has 94 valence electrons. The molecule has 0 radical (unpaired) electrons. The monoisotopic (exact) mass is 239 g/mol. The number of benzene rings is 2. The topological polar surface area (TPSA) is 12.0 Å². The standard InChI is InChI=1S/C17H21N/c1-18-17-8-4-7-15(12-17)16-10-9-13-5-2-3-6-14(13)11-16/h2-3,5-6,9-11,15,17-18H,4,7-8,12H2,1H3. The fourth-order valence-electron chi connectivity index (χ4n) is 3.22. The van der Waals surface area contributed by atoms with E-state index in [0.717, 1.165) is 5.92 Å². The fraction of sp³-hybridized carbons (Fsp3) is 0.412. The van der Waals surface area contributed by atoms with Gasteiger partial charge in [-0.1, -0.05) is 48.9 Å². The molecule has 1 saturated carbocycles. The van der Waals surface area contributed by atoms with Crippen LogP contribution in [0.25, 0.3) is 10.8 Å². The Bertz CT molecular complexity index is 532. The first-order chi connectivity index (χ1) is 8.86. The second kappa shape index (κ2) is 5.11. The molecular formula is C17H21N. The molecule has 1 nitrogen and oxygen atoms in total. The van der Waals surface area contributed by atoms with Gasteiger partial charge in [0.25, 0.3) is 0 Å². The smallest absolute Gasteiger partial charge is 0.00698 e. The summed E-state index contributed by atoms with van der Waals surface area (Å²) in [7, 11) is 2.09. The van der Waals surface area contributed by atoms with Gasteiger partial charge in [0.05, 0.1) is 0 Å². The average Bonchev–Trinajstić information content (AvgIpc) is 2.47. The molecule has 1 aliphatic carbocycles. The summed E-state index contributed by atoms with van der Waals surface area (Å²) in [5.41, 5.74) is 1.52. The lowest BCUT2D eigenvalue weighted by atomic mass is 9.81. The Morgan fingerprint density at radius 1 is 1.00 bits per heavy atom. The fourth-order valence-corrected chi connectivity index (χ4v) is 3.22. The van der Waals surface area contributed by atoms with Crippen molar-refractivity contribution >= 4 is 10.8 Å². The molecule has 1 aliphatic rings. The molecule has 2 aromatic carbocycles. The van der Waals surface area contributed by atoms with Gasteiger partial charge in [0.15, 0.2) is 0 Å². The predicted molar refractivity (Wildman–Crippen MR) is 78.0 cm³/mol. The molecule has 0 heterocycles. The van der Waals surface area contributed by atoms with Gasteiger partial charge in [-0.25, -0.2) is 0 Å². The van der Waals surface area contributed by atoms with Gasteiger partial charge in [0.2, 0.25) is 0 Å². The molecule has 18 heavy (non-hydrogen) atoms. The van der Waals surface area contributed by atoms with Crippen LogP contribution >= 0.6 is 0 Å². The molecule has 2 atom stereocenters. The highest BCUT2D eigenvalue weighted by Gasteiger charge is 2.21. The van der Waals surface area contributed by atoms with Gasteiger partial charge in [0, 0.05) is 6.04 Å². The molecule has 0 bridgehead atoms. The van der Waals surface area contributed by atoms with Crippen LogP contribution in [0, 0.1) is 0 Å². The number of fused-ring (bicyclic) bond motifs is 1. The Balaban J connectivity index is 1.89. The second-order valence-corrected chi connectivity index (χ2v) is 5.46. The van der Waals surface area contributed by atoms with Crippen molar-refractivity contribution < 1.29 is 0 Å². The number of hydrogen-bond acceptors (Lipinski definition) is 1. The SMILES string of the molecule is CNC1CCCC(c2ccc3ccccc3c2)C1. The van der Waals surface area contributed by atoms with Crippen LogP contribution in [0.2, 0.25) is 0 Å². The average molecular weight is 239 g/mol. The van der Waals surface area contributed by atoms with Gasteiger partial charge in [-0.05, 0) is 48.6 Å². The summed E-state index contributed by atoms with van der Waals surface area (Å²) in [6.07, 6.45) is 5.31. The van der Waals surface area contributed by atoms with E-state index in [0.29, 0.717) is 6.04 Å². The van der Waals surface area contributed by atoms with Crippen molar-refractivity contribution in [1.82, 2.24) is 5.32 Å². The molecule has 1 N–H and O–H groups in total. The van der Waals surface area contributed by atoms with Gasteiger partial charge in [-0.2, -0.15) is 0 Å². The van der Waals surface area contributed by atoms with Crippen LogP contribution in [0.15, 0.2) is 42.5 Å². The lowest BCUT2D eigenvalue weighted by molar-refractivity contribution is 0.355. The molecular weight excluding hydrogens is 218 g/mol. The van der Waals surface area contributed by atoms with Crippen molar-refractivity contribution in [3.05, 3.63) is 48.0 Å². The minimum Gasteiger partial charge on any atom is -0.317 e. The first-order valence-corrected chi connectivity index (χ1v) is 7.03. The summed E-state index contributed by atoms with van der Waals surface area (Å²) >= 11 is 0. The Hall–Kier alpha value is -1.34. The highest BCUT2D eigenvalue weighted by Crippen LogP contribution is 2.34. The number of hydrogen-bond donors (Lipinski definition) is 1. The van der Waals surface area contributed by atoms with E-state index >= 15 is 0 Å². The highest BCUT2D eigenvalue weighted by molar-refractivity contribution is 5.83. The van der Waals surface area contributed by atoms with Crippen LogP contribution < -0.4 is 5.32 Å². The third kappa shape index (κ3) is 2.28. The highest BCUT2D eigenvalue weighted by atomic mass is 14.9. The Morgan fingerprint density at radius 2 is 1.83 bits per heavy atom. The second-order valence-electron chi connectivity index (χ2n) is 5.46. The molecule has 2 aromatic rings. The van der Waals surface area contributed by atoms with Crippen LogP contribution in [-0.2, 0) is 0 Å². The molecule has 0 spiro atoms. The van der Waals surface area contributed by atoms with Gasteiger partial charge in [-0.3, -0.25) is 0 Å². The van der Waals surface area contributed by atoms with Gasteiger partial charge < -0.3 is 5.32 Å². The van der Waals surface area contributed by atoms with Crippen LogP contribution in [0.1, 0.15) is 37.2 Å². The van der Waals surface area contributed by atoms with E-state index in [2.05, 4.69) is 54.8 Å². The van der Waals surface area contributed by atoms with Crippen LogP contribution in [-0.4, -0.2) is 13.1 Å². The van der Waals surface area contributed by atoms with E-state index in [1.54, 1.807) is 0 Å². The maximum absolute atomic E-state index is 3.44. The van der Waals surface area contributed by atoms with Crippen LogP contribution in [0.3, 0.4) is 0 Å². The minimum atomic E-state index is 0.704. The lowest BCUT2D eigenvalue weighted by Crippen LogP contribution is -2.30. The van der Waals surface area contributed by atoms with E-state index < -0.39 is 0 Å². The van der Waals surface area contributed by atoms with Gasteiger partial charge >= 0.3 is 0 Å². The number of rotatable bonds is 2. The minimum absolute atomic E-state index is 0.704. The molecule has 1 fully saturated rings. The summed E-state index contributed by atoms with van der Waals surface area (Å²) in [5, 5.41) is 6.17. The molecule has 0 amide bonds. The van der Waals surface area contributed by atoms with Gasteiger partial charge in [-0.15, -0.1) is 0 Å². The van der Waals surface area contributed by atoms with E-state index in [1.807, 2.05) is 0 Å². The first-order valence-electron chi connectivity index (χ1n) is 7.03. The van der Waals surface area contributed by atoms with Gasteiger partial charge in [0.1, 0.15) is 0 Å². The van der Waals surface area contributed by atoms with Crippen LogP contribution in [0.4, 0.5) is 0 Å². The van der Waals surface area contributed by atoms with E-state index in [-0.39, 0.29) is 0 Å². The molecule has 3 rings (SSSR count). The van der Waals surface area contributed by atoms with Crippen molar-refractivity contribution in [3.8, 4) is 0 Å². The molecule has 0 aromatic heterocycles. The Kier molecular flexibility index (Phi) is 3.33. The third-order valence-corrected chi connectivity index (χ3v) is 4.33. The Morgan fingerprint density at radius 3 is 2.67 bits per heavy atom. The predicted octanol–water partition coefficient (Wildman–Crippen LogP) is 4.09. The third-order valence-electron chi connectivity index (χ3n) is 4.33. The summed E-state index contributed by atoms with van der Waals surface area (Å²) in [6.45, 7) is 0.